The normalized spacial score (nSPS) is 13.1. The minimum absolute atomic E-state index is 0.0936. The lowest BCUT2D eigenvalue weighted by molar-refractivity contribution is -0.118. The summed E-state index contributed by atoms with van der Waals surface area (Å²) in [5.41, 5.74) is 4.49. The highest BCUT2D eigenvalue weighted by Gasteiger charge is 2.15. The SMILES string of the molecule is CN(C)c1ccc(CCc2ccc3c(c2)NC(=O)CO3)cc1. The first-order valence-electron chi connectivity index (χ1n) is 7.44. The molecule has 2 aromatic carbocycles. The predicted octanol–water partition coefficient (Wildman–Crippen LogP) is 2.87. The number of ether oxygens (including phenoxy) is 1. The Morgan fingerprint density at radius 1 is 1.05 bits per heavy atom. The highest BCUT2D eigenvalue weighted by molar-refractivity contribution is 5.95. The molecular weight excluding hydrogens is 276 g/mol. The van der Waals surface area contributed by atoms with Gasteiger partial charge in [0.25, 0.3) is 5.91 Å². The lowest BCUT2D eigenvalue weighted by Gasteiger charge is -2.18. The number of anilines is 2. The molecule has 0 saturated heterocycles. The highest BCUT2D eigenvalue weighted by Crippen LogP contribution is 2.28. The van der Waals surface area contributed by atoms with Crippen LogP contribution in [-0.4, -0.2) is 26.6 Å². The Balaban J connectivity index is 1.66. The molecular formula is C18H20N2O2. The van der Waals surface area contributed by atoms with Crippen molar-refractivity contribution < 1.29 is 9.53 Å². The van der Waals surface area contributed by atoms with E-state index in [1.54, 1.807) is 0 Å². The molecule has 0 aromatic heterocycles. The fraction of sp³-hybridized carbons (Fsp3) is 0.278. The summed E-state index contributed by atoms with van der Waals surface area (Å²) < 4.78 is 5.37. The van der Waals surface area contributed by atoms with E-state index in [-0.39, 0.29) is 12.5 Å². The standard InChI is InChI=1S/C18H20N2O2/c1-20(2)15-8-5-13(6-9-15)3-4-14-7-10-17-16(11-14)19-18(21)12-22-17/h5-11H,3-4,12H2,1-2H3,(H,19,21). The number of hydrogen-bond acceptors (Lipinski definition) is 3. The van der Waals surface area contributed by atoms with Crippen LogP contribution in [0.1, 0.15) is 11.1 Å². The second kappa shape index (κ2) is 6.10. The number of nitrogens with zero attached hydrogens (tertiary/aromatic N) is 1. The number of amides is 1. The van der Waals surface area contributed by atoms with Gasteiger partial charge in [-0.2, -0.15) is 0 Å². The molecule has 0 atom stereocenters. The van der Waals surface area contributed by atoms with Crippen LogP contribution in [0.3, 0.4) is 0 Å². The van der Waals surface area contributed by atoms with Crippen molar-refractivity contribution in [3.63, 3.8) is 0 Å². The molecule has 0 aliphatic carbocycles. The maximum absolute atomic E-state index is 11.4. The van der Waals surface area contributed by atoms with Crippen LogP contribution in [0.15, 0.2) is 42.5 Å². The predicted molar refractivity (Wildman–Crippen MR) is 88.7 cm³/mol. The number of hydrogen-bond donors (Lipinski definition) is 1. The largest absolute Gasteiger partial charge is 0.482 e. The number of fused-ring (bicyclic) bond motifs is 1. The average Bonchev–Trinajstić information content (AvgIpc) is 2.53. The van der Waals surface area contributed by atoms with Gasteiger partial charge >= 0.3 is 0 Å². The Bertz CT molecular complexity index is 678. The van der Waals surface area contributed by atoms with Crippen molar-refractivity contribution in [3.8, 4) is 5.75 Å². The Morgan fingerprint density at radius 2 is 1.73 bits per heavy atom. The van der Waals surface area contributed by atoms with Crippen molar-refractivity contribution in [1.29, 1.82) is 0 Å². The summed E-state index contributed by atoms with van der Waals surface area (Å²) in [6, 6.07) is 14.6. The quantitative estimate of drug-likeness (QED) is 0.943. The Labute approximate surface area is 130 Å². The van der Waals surface area contributed by atoms with Gasteiger partial charge in [0, 0.05) is 19.8 Å². The number of benzene rings is 2. The zero-order chi connectivity index (χ0) is 15.5. The molecule has 4 heteroatoms. The minimum atomic E-state index is -0.0936. The monoisotopic (exact) mass is 296 g/mol. The second-order valence-electron chi connectivity index (χ2n) is 5.73. The maximum atomic E-state index is 11.4. The number of rotatable bonds is 4. The molecule has 1 N–H and O–H groups in total. The third-order valence-corrected chi connectivity index (χ3v) is 3.83. The zero-order valence-electron chi connectivity index (χ0n) is 12.9. The van der Waals surface area contributed by atoms with E-state index < -0.39 is 0 Å². The topological polar surface area (TPSA) is 41.6 Å². The molecule has 4 nitrogen and oxygen atoms in total. The second-order valence-corrected chi connectivity index (χ2v) is 5.73. The molecule has 3 rings (SSSR count). The fourth-order valence-corrected chi connectivity index (χ4v) is 2.54. The summed E-state index contributed by atoms with van der Waals surface area (Å²) in [5, 5.41) is 2.85. The highest BCUT2D eigenvalue weighted by atomic mass is 16.5. The number of carbonyl (C=O) groups is 1. The number of nitrogens with one attached hydrogen (secondary N) is 1. The molecule has 1 heterocycles. The van der Waals surface area contributed by atoms with Crippen LogP contribution < -0.4 is 15.0 Å². The Kier molecular flexibility index (Phi) is 4.00. The van der Waals surface area contributed by atoms with Crippen molar-refractivity contribution in [1.82, 2.24) is 0 Å². The van der Waals surface area contributed by atoms with Gasteiger partial charge in [-0.3, -0.25) is 4.79 Å². The maximum Gasteiger partial charge on any atom is 0.262 e. The van der Waals surface area contributed by atoms with E-state index in [9.17, 15) is 4.79 Å². The Morgan fingerprint density at radius 3 is 2.45 bits per heavy atom. The van der Waals surface area contributed by atoms with Crippen LogP contribution in [0.2, 0.25) is 0 Å². The van der Waals surface area contributed by atoms with Gasteiger partial charge in [0.1, 0.15) is 5.75 Å². The van der Waals surface area contributed by atoms with E-state index in [2.05, 4.69) is 40.5 Å². The third kappa shape index (κ3) is 3.22. The van der Waals surface area contributed by atoms with Gasteiger partial charge in [-0.1, -0.05) is 18.2 Å². The van der Waals surface area contributed by atoms with E-state index in [4.69, 9.17) is 4.74 Å². The van der Waals surface area contributed by atoms with Gasteiger partial charge in [0.15, 0.2) is 6.61 Å². The molecule has 2 aromatic rings. The molecule has 22 heavy (non-hydrogen) atoms. The molecule has 114 valence electrons. The summed E-state index contributed by atoms with van der Waals surface area (Å²) >= 11 is 0. The zero-order valence-corrected chi connectivity index (χ0v) is 12.9. The van der Waals surface area contributed by atoms with E-state index in [1.165, 1.54) is 16.8 Å². The van der Waals surface area contributed by atoms with Gasteiger partial charge in [-0.25, -0.2) is 0 Å². The average molecular weight is 296 g/mol. The lowest BCUT2D eigenvalue weighted by atomic mass is 10.0. The molecule has 0 fully saturated rings. The first-order valence-corrected chi connectivity index (χ1v) is 7.44. The van der Waals surface area contributed by atoms with Gasteiger partial charge in [-0.05, 0) is 48.2 Å². The van der Waals surface area contributed by atoms with Crippen LogP contribution in [0.4, 0.5) is 11.4 Å². The van der Waals surface area contributed by atoms with Gasteiger partial charge in [-0.15, -0.1) is 0 Å². The van der Waals surface area contributed by atoms with E-state index in [1.807, 2.05) is 26.2 Å². The van der Waals surface area contributed by atoms with Gasteiger partial charge in [0.05, 0.1) is 5.69 Å². The molecule has 0 spiro atoms. The number of carbonyl (C=O) groups excluding carboxylic acids is 1. The van der Waals surface area contributed by atoms with Crippen LogP contribution in [-0.2, 0) is 17.6 Å². The third-order valence-electron chi connectivity index (χ3n) is 3.83. The molecule has 0 saturated carbocycles. The lowest BCUT2D eigenvalue weighted by Crippen LogP contribution is -2.25. The molecule has 0 radical (unpaired) electrons. The molecule has 0 bridgehead atoms. The van der Waals surface area contributed by atoms with Crippen molar-refractivity contribution in [2.75, 3.05) is 30.9 Å². The summed E-state index contributed by atoms with van der Waals surface area (Å²) in [5.74, 6) is 0.655. The van der Waals surface area contributed by atoms with Gasteiger partial charge < -0.3 is 15.0 Å². The summed E-state index contributed by atoms with van der Waals surface area (Å²) in [7, 11) is 4.08. The van der Waals surface area contributed by atoms with Crippen molar-refractivity contribution in [3.05, 3.63) is 53.6 Å². The van der Waals surface area contributed by atoms with E-state index >= 15 is 0 Å². The minimum Gasteiger partial charge on any atom is -0.482 e. The smallest absolute Gasteiger partial charge is 0.262 e. The summed E-state index contributed by atoms with van der Waals surface area (Å²) in [6.07, 6.45) is 1.91. The summed E-state index contributed by atoms with van der Waals surface area (Å²) in [4.78, 5) is 13.5. The fourth-order valence-electron chi connectivity index (χ4n) is 2.54. The molecule has 1 aliphatic rings. The van der Waals surface area contributed by atoms with E-state index in [0.717, 1.165) is 24.3 Å². The van der Waals surface area contributed by atoms with Crippen molar-refractivity contribution in [2.24, 2.45) is 0 Å². The van der Waals surface area contributed by atoms with Crippen LogP contribution in [0.5, 0.6) is 5.75 Å². The Hall–Kier alpha value is -2.49. The van der Waals surface area contributed by atoms with Crippen LogP contribution >= 0.6 is 0 Å². The van der Waals surface area contributed by atoms with Crippen LogP contribution in [0.25, 0.3) is 0 Å². The molecule has 1 aliphatic heterocycles. The molecule has 1 amide bonds. The van der Waals surface area contributed by atoms with E-state index in [0.29, 0.717) is 0 Å². The van der Waals surface area contributed by atoms with Crippen molar-refractivity contribution in [2.45, 2.75) is 12.8 Å². The first kappa shape index (κ1) is 14.4. The number of aryl methyl sites for hydroxylation is 2. The van der Waals surface area contributed by atoms with Crippen LogP contribution in [0, 0.1) is 0 Å². The first-order chi connectivity index (χ1) is 10.6. The summed E-state index contributed by atoms with van der Waals surface area (Å²) in [6.45, 7) is 0.102. The van der Waals surface area contributed by atoms with Gasteiger partial charge in [0.2, 0.25) is 0 Å². The van der Waals surface area contributed by atoms with Crippen molar-refractivity contribution >= 4 is 17.3 Å². The molecule has 0 unspecified atom stereocenters.